The highest BCUT2D eigenvalue weighted by Crippen LogP contribution is 2.38. The largest absolute Gasteiger partial charge is 0.481 e. The van der Waals surface area contributed by atoms with Gasteiger partial charge in [0.25, 0.3) is 0 Å². The third-order valence-electron chi connectivity index (χ3n) is 2.14. The van der Waals surface area contributed by atoms with Gasteiger partial charge < -0.3 is 14.6 Å². The van der Waals surface area contributed by atoms with Gasteiger partial charge in [0.2, 0.25) is 6.79 Å². The van der Waals surface area contributed by atoms with E-state index in [1.165, 1.54) is 0 Å². The summed E-state index contributed by atoms with van der Waals surface area (Å²) in [5, 5.41) is 8.67. The van der Waals surface area contributed by atoms with E-state index in [4.69, 9.17) is 14.6 Å². The minimum absolute atomic E-state index is 0.0357. The molecule has 14 heavy (non-hydrogen) atoms. The highest BCUT2D eigenvalue weighted by Gasteiger charge is 2.20. The number of rotatable bonds is 2. The van der Waals surface area contributed by atoms with E-state index in [1.54, 1.807) is 6.07 Å². The Morgan fingerprint density at radius 1 is 1.43 bits per heavy atom. The number of carboxylic acids is 1. The number of aryl methyl sites for hydroxylation is 1. The van der Waals surface area contributed by atoms with Crippen molar-refractivity contribution in [3.8, 4) is 11.5 Å². The molecule has 1 N–H and O–H groups in total. The number of ether oxygens (including phenoxy) is 2. The molecule has 0 fully saturated rings. The predicted molar refractivity (Wildman–Crippen MR) is 48.6 cm³/mol. The molecule has 1 aromatic rings. The van der Waals surface area contributed by atoms with Crippen LogP contribution in [0.15, 0.2) is 12.1 Å². The van der Waals surface area contributed by atoms with Crippen LogP contribution >= 0.6 is 0 Å². The summed E-state index contributed by atoms with van der Waals surface area (Å²) in [6.45, 7) is 2.07. The third-order valence-corrected chi connectivity index (χ3v) is 2.14. The lowest BCUT2D eigenvalue weighted by Crippen LogP contribution is -2.01. The van der Waals surface area contributed by atoms with E-state index < -0.39 is 5.97 Å². The second kappa shape index (κ2) is 3.21. The molecule has 1 heterocycles. The van der Waals surface area contributed by atoms with E-state index >= 15 is 0 Å². The quantitative estimate of drug-likeness (QED) is 0.772. The molecule has 1 aromatic carbocycles. The van der Waals surface area contributed by atoms with Crippen LogP contribution in [0.3, 0.4) is 0 Å². The average molecular weight is 194 g/mol. The first-order chi connectivity index (χ1) is 6.68. The number of hydrogen-bond donors (Lipinski definition) is 1. The monoisotopic (exact) mass is 194 g/mol. The van der Waals surface area contributed by atoms with Crippen LogP contribution in [0, 0.1) is 6.92 Å². The van der Waals surface area contributed by atoms with Crippen LogP contribution < -0.4 is 9.47 Å². The maximum Gasteiger partial charge on any atom is 0.307 e. The number of carbonyl (C=O) groups is 1. The topological polar surface area (TPSA) is 55.8 Å². The van der Waals surface area contributed by atoms with Crippen LogP contribution in [0.2, 0.25) is 0 Å². The van der Waals surface area contributed by atoms with Gasteiger partial charge in [-0.15, -0.1) is 0 Å². The number of hydrogen-bond acceptors (Lipinski definition) is 3. The van der Waals surface area contributed by atoms with Gasteiger partial charge >= 0.3 is 5.97 Å². The molecule has 4 nitrogen and oxygen atoms in total. The van der Waals surface area contributed by atoms with Crippen molar-refractivity contribution in [3.63, 3.8) is 0 Å². The fourth-order valence-corrected chi connectivity index (χ4v) is 1.49. The highest BCUT2D eigenvalue weighted by atomic mass is 16.7. The first-order valence-electron chi connectivity index (χ1n) is 4.28. The highest BCUT2D eigenvalue weighted by molar-refractivity contribution is 5.72. The van der Waals surface area contributed by atoms with Crippen molar-refractivity contribution in [2.45, 2.75) is 13.3 Å². The smallest absolute Gasteiger partial charge is 0.307 e. The van der Waals surface area contributed by atoms with Gasteiger partial charge in [0.1, 0.15) is 0 Å². The van der Waals surface area contributed by atoms with Crippen LogP contribution in [0.25, 0.3) is 0 Å². The molecule has 0 spiro atoms. The number of carboxylic acid groups (broad SMARTS) is 1. The van der Waals surface area contributed by atoms with Crippen LogP contribution in [-0.4, -0.2) is 17.9 Å². The van der Waals surface area contributed by atoms with Gasteiger partial charge in [-0.05, 0) is 12.5 Å². The lowest BCUT2D eigenvalue weighted by Gasteiger charge is -2.04. The van der Waals surface area contributed by atoms with Crippen LogP contribution in [0.5, 0.6) is 11.5 Å². The molecule has 0 aromatic heterocycles. The van der Waals surface area contributed by atoms with E-state index in [2.05, 4.69) is 0 Å². The lowest BCUT2D eigenvalue weighted by atomic mass is 10.1. The van der Waals surface area contributed by atoms with Gasteiger partial charge in [-0.1, -0.05) is 12.1 Å². The van der Waals surface area contributed by atoms with Crippen molar-refractivity contribution < 1.29 is 19.4 Å². The number of benzene rings is 1. The molecule has 1 aliphatic rings. The van der Waals surface area contributed by atoms with Crippen molar-refractivity contribution in [1.29, 1.82) is 0 Å². The summed E-state index contributed by atoms with van der Waals surface area (Å²) in [5.74, 6) is 0.378. The number of aliphatic carboxylic acids is 1. The van der Waals surface area contributed by atoms with Crippen LogP contribution in [0.4, 0.5) is 0 Å². The molecule has 1 aliphatic heterocycles. The van der Waals surface area contributed by atoms with E-state index in [0.717, 1.165) is 5.56 Å². The van der Waals surface area contributed by atoms with E-state index in [9.17, 15) is 4.79 Å². The summed E-state index contributed by atoms with van der Waals surface area (Å²) < 4.78 is 10.5. The Hall–Kier alpha value is -1.71. The molecule has 0 bridgehead atoms. The summed E-state index contributed by atoms with van der Waals surface area (Å²) in [6.07, 6.45) is -0.0357. The Morgan fingerprint density at radius 2 is 2.14 bits per heavy atom. The van der Waals surface area contributed by atoms with Crippen molar-refractivity contribution >= 4 is 5.97 Å². The minimum Gasteiger partial charge on any atom is -0.481 e. The normalized spacial score (nSPS) is 12.9. The van der Waals surface area contributed by atoms with Crippen molar-refractivity contribution in [1.82, 2.24) is 0 Å². The summed E-state index contributed by atoms with van der Waals surface area (Å²) in [7, 11) is 0. The standard InChI is InChI=1S/C10H10O4/c1-6-2-3-7(4-8(11)12)10-9(6)13-5-14-10/h2-3H,4-5H2,1H3,(H,11,12). The Balaban J connectivity index is 2.43. The molecule has 0 atom stereocenters. The molecule has 0 saturated carbocycles. The molecule has 4 heteroatoms. The third kappa shape index (κ3) is 1.39. The van der Waals surface area contributed by atoms with E-state index in [1.807, 2.05) is 13.0 Å². The van der Waals surface area contributed by atoms with Crippen molar-refractivity contribution in [3.05, 3.63) is 23.3 Å². The van der Waals surface area contributed by atoms with Crippen molar-refractivity contribution in [2.75, 3.05) is 6.79 Å². The van der Waals surface area contributed by atoms with Gasteiger partial charge in [0.15, 0.2) is 11.5 Å². The van der Waals surface area contributed by atoms with E-state index in [0.29, 0.717) is 17.1 Å². The molecule has 2 rings (SSSR count). The zero-order valence-electron chi connectivity index (χ0n) is 7.74. The van der Waals surface area contributed by atoms with E-state index in [-0.39, 0.29) is 13.2 Å². The van der Waals surface area contributed by atoms with Gasteiger partial charge in [0, 0.05) is 5.56 Å². The molecule has 74 valence electrons. The molecular weight excluding hydrogens is 184 g/mol. The maximum atomic E-state index is 10.6. The second-order valence-electron chi connectivity index (χ2n) is 3.18. The summed E-state index contributed by atoms with van der Waals surface area (Å²) >= 11 is 0. The van der Waals surface area contributed by atoms with Crippen molar-refractivity contribution in [2.24, 2.45) is 0 Å². The van der Waals surface area contributed by atoms with Gasteiger partial charge in [-0.3, -0.25) is 4.79 Å². The maximum absolute atomic E-state index is 10.6. The van der Waals surface area contributed by atoms with Gasteiger partial charge in [-0.25, -0.2) is 0 Å². The first kappa shape index (κ1) is 8.87. The van der Waals surface area contributed by atoms with Gasteiger partial charge in [0.05, 0.1) is 6.42 Å². The molecule has 0 amide bonds. The Bertz CT molecular complexity index is 384. The first-order valence-corrected chi connectivity index (χ1v) is 4.28. The minimum atomic E-state index is -0.869. The van der Waals surface area contributed by atoms with Gasteiger partial charge in [-0.2, -0.15) is 0 Å². The molecular formula is C10H10O4. The number of fused-ring (bicyclic) bond motifs is 1. The fraction of sp³-hybridized carbons (Fsp3) is 0.300. The summed E-state index contributed by atoms with van der Waals surface area (Å²) in [6, 6.07) is 3.60. The second-order valence-corrected chi connectivity index (χ2v) is 3.18. The molecule has 0 aliphatic carbocycles. The zero-order valence-corrected chi connectivity index (χ0v) is 7.74. The van der Waals surface area contributed by atoms with Crippen LogP contribution in [0.1, 0.15) is 11.1 Å². The predicted octanol–water partition coefficient (Wildman–Crippen LogP) is 1.35. The molecule has 0 radical (unpaired) electrons. The summed E-state index contributed by atoms with van der Waals surface area (Å²) in [4.78, 5) is 10.6. The Kier molecular flexibility index (Phi) is 2.04. The average Bonchev–Trinajstić information content (AvgIpc) is 2.58. The Labute approximate surface area is 81.1 Å². The Morgan fingerprint density at radius 3 is 2.86 bits per heavy atom. The fourth-order valence-electron chi connectivity index (χ4n) is 1.49. The zero-order chi connectivity index (χ0) is 10.1. The van der Waals surface area contributed by atoms with Crippen LogP contribution in [-0.2, 0) is 11.2 Å². The SMILES string of the molecule is Cc1ccc(CC(=O)O)c2c1OCO2. The molecule has 0 unspecified atom stereocenters. The lowest BCUT2D eigenvalue weighted by molar-refractivity contribution is -0.136. The molecule has 0 saturated heterocycles. The summed E-state index contributed by atoms with van der Waals surface area (Å²) in [5.41, 5.74) is 1.63.